The molecule has 12 heteroatoms. The van der Waals surface area contributed by atoms with Gasteiger partial charge in [-0.05, 0) is 62.3 Å². The first kappa shape index (κ1) is 43.6. The van der Waals surface area contributed by atoms with Gasteiger partial charge in [-0.2, -0.15) is 74.0 Å². The van der Waals surface area contributed by atoms with Gasteiger partial charge < -0.3 is 29.8 Å². The van der Waals surface area contributed by atoms with Gasteiger partial charge in [0, 0.05) is 47.3 Å². The van der Waals surface area contributed by atoms with Crippen molar-refractivity contribution in [3.05, 3.63) is 158 Å². The molecule has 54 heavy (non-hydrogen) atoms. The van der Waals surface area contributed by atoms with Crippen molar-refractivity contribution in [1.29, 1.82) is 0 Å². The number of fused-ring (bicyclic) bond motifs is 2. The number of aromatic nitrogens is 4. The maximum atomic E-state index is 8.95. The molecular weight excluding hydrogens is 1040 g/mol. The third kappa shape index (κ3) is 11.6. The number of hydrogen-bond donors (Lipinski definition) is 2. The van der Waals surface area contributed by atoms with Gasteiger partial charge in [0.25, 0.3) is 0 Å². The Kier molecular flexibility index (Phi) is 17.1. The van der Waals surface area contributed by atoms with Crippen molar-refractivity contribution >= 4 is 34.4 Å². The molecule has 10 nitrogen and oxygen atoms in total. The van der Waals surface area contributed by atoms with E-state index >= 15 is 0 Å². The molecule has 0 spiro atoms. The number of para-hydroxylation sites is 2. The molecule has 6 aromatic rings. The fraction of sp³-hybridized carbons (Fsp3) is 0.190. The van der Waals surface area contributed by atoms with Crippen LogP contribution in [0.25, 0.3) is 0 Å². The molecule has 4 aromatic heterocycles. The van der Waals surface area contributed by atoms with E-state index in [2.05, 4.69) is 54.0 Å². The predicted octanol–water partition coefficient (Wildman–Crippen LogP) is 8.99. The largest absolute Gasteiger partial charge is 2.00 e. The Hall–Kier alpha value is -4.78. The fourth-order valence-electron chi connectivity index (χ4n) is 5.22. The zero-order valence-corrected chi connectivity index (χ0v) is 35.5. The van der Waals surface area contributed by atoms with Crippen LogP contribution in [-0.2, 0) is 42.1 Å². The van der Waals surface area contributed by atoms with Crippen LogP contribution in [0.1, 0.15) is 50.9 Å². The van der Waals surface area contributed by atoms with Crippen molar-refractivity contribution in [2.24, 2.45) is 0 Å². The smallest absolute Gasteiger partial charge is 0.502 e. The van der Waals surface area contributed by atoms with Crippen molar-refractivity contribution in [2.45, 2.75) is 39.5 Å². The topological polar surface area (TPSA) is 105 Å². The minimum atomic E-state index is 0. The van der Waals surface area contributed by atoms with E-state index in [0.717, 1.165) is 45.8 Å². The monoisotopic (exact) mass is 1080 g/mol. The molecule has 8 rings (SSSR count). The van der Waals surface area contributed by atoms with Crippen molar-refractivity contribution in [1.82, 2.24) is 19.9 Å². The summed E-state index contributed by atoms with van der Waals surface area (Å²) < 4.78 is 0. The molecule has 2 N–H and O–H groups in total. The van der Waals surface area contributed by atoms with Crippen LogP contribution in [0.15, 0.2) is 122 Å². The number of aromatic hydroxyl groups is 2. The van der Waals surface area contributed by atoms with Crippen LogP contribution in [-0.4, -0.2) is 44.2 Å². The maximum absolute atomic E-state index is 8.95. The molecule has 6 heterocycles. The summed E-state index contributed by atoms with van der Waals surface area (Å²) in [7, 11) is 4.03. The predicted molar refractivity (Wildman–Crippen MR) is 209 cm³/mol. The van der Waals surface area contributed by atoms with Gasteiger partial charge in [-0.1, -0.05) is 39.8 Å². The molecule has 0 atom stereocenters. The summed E-state index contributed by atoms with van der Waals surface area (Å²) in [5.74, 6) is 2.87. The van der Waals surface area contributed by atoms with E-state index < -0.39 is 0 Å². The molecule has 0 radical (unpaired) electrons. The van der Waals surface area contributed by atoms with Gasteiger partial charge in [-0.25, -0.2) is 19.9 Å². The van der Waals surface area contributed by atoms with Gasteiger partial charge in [-0.3, -0.25) is 0 Å². The van der Waals surface area contributed by atoms with Crippen LogP contribution >= 0.6 is 0 Å². The van der Waals surface area contributed by atoms with E-state index in [0.29, 0.717) is 11.8 Å². The average molecular weight is 1080 g/mol. The average Bonchev–Trinajstić information content (AvgIpc) is 3.69. The molecule has 0 fully saturated rings. The minimum absolute atomic E-state index is 0. The minimum Gasteiger partial charge on any atom is -0.502 e. The summed E-state index contributed by atoms with van der Waals surface area (Å²) in [5.41, 5.74) is 6.10. The molecule has 0 saturated carbocycles. The number of pyridine rings is 4. The Morgan fingerprint density at radius 3 is 1.26 bits per heavy atom. The van der Waals surface area contributed by atoms with Crippen LogP contribution < -0.4 is 19.6 Å². The van der Waals surface area contributed by atoms with E-state index in [1.54, 1.807) is 24.3 Å². The first-order valence-electron chi connectivity index (χ1n) is 17.0. The van der Waals surface area contributed by atoms with Crippen LogP contribution in [0, 0.1) is 25.5 Å². The van der Waals surface area contributed by atoms with Crippen molar-refractivity contribution in [3.8, 4) is 11.8 Å². The van der Waals surface area contributed by atoms with Gasteiger partial charge >= 0.3 is 42.1 Å². The third-order valence-corrected chi connectivity index (χ3v) is 7.93. The zero-order valence-electron chi connectivity index (χ0n) is 31.0. The molecule has 2 aliphatic heterocycles. The van der Waals surface area contributed by atoms with Crippen LogP contribution in [0.5, 0.6) is 11.8 Å². The SMILES string of the molecule is CC(C)c1cccc(O)n1.CC(C)c1cccc(O)n1.CN1[CH-]N(c2[c-]cccc2)c2ncccc21.CN1[CH-]N(c2[c-]cccc2)c2ncccc21.[Pt+2].[Pt+2]. The molecule has 284 valence electrons. The molecular formula is C42H44N8O2Pt2. The molecule has 2 aliphatic rings. The molecule has 0 aliphatic carbocycles. The summed E-state index contributed by atoms with van der Waals surface area (Å²) in [6, 6.07) is 40.8. The first-order valence-corrected chi connectivity index (χ1v) is 17.0. The number of benzene rings is 2. The summed E-state index contributed by atoms with van der Waals surface area (Å²) in [6.07, 6.45) is 3.61. The Morgan fingerprint density at radius 2 is 0.944 bits per heavy atom. The van der Waals surface area contributed by atoms with Gasteiger partial charge in [0.2, 0.25) is 11.8 Å². The second kappa shape index (κ2) is 21.2. The zero-order chi connectivity index (χ0) is 37.0. The molecule has 2 aromatic carbocycles. The van der Waals surface area contributed by atoms with Gasteiger partial charge in [-0.15, -0.1) is 11.4 Å². The normalized spacial score (nSPS) is 12.1. The van der Waals surface area contributed by atoms with Crippen molar-refractivity contribution in [3.63, 3.8) is 0 Å². The van der Waals surface area contributed by atoms with E-state index in [4.69, 9.17) is 10.2 Å². The Labute approximate surface area is 348 Å². The Balaban J connectivity index is 0.000000196. The van der Waals surface area contributed by atoms with Crippen LogP contribution in [0.4, 0.5) is 34.4 Å². The Morgan fingerprint density at radius 1 is 0.537 bits per heavy atom. The van der Waals surface area contributed by atoms with Crippen LogP contribution in [0.3, 0.4) is 0 Å². The molecule has 0 amide bonds. The number of hydrogen-bond acceptors (Lipinski definition) is 10. The van der Waals surface area contributed by atoms with Gasteiger partial charge in [0.15, 0.2) is 0 Å². The van der Waals surface area contributed by atoms with E-state index in [-0.39, 0.29) is 53.9 Å². The van der Waals surface area contributed by atoms with Crippen LogP contribution in [0.2, 0.25) is 0 Å². The van der Waals surface area contributed by atoms with Crippen molar-refractivity contribution in [2.75, 3.05) is 33.7 Å². The second-order valence-corrected chi connectivity index (χ2v) is 12.5. The quantitative estimate of drug-likeness (QED) is 0.166. The fourth-order valence-corrected chi connectivity index (χ4v) is 5.22. The van der Waals surface area contributed by atoms with E-state index in [1.165, 1.54) is 0 Å². The number of nitrogens with zero attached hydrogens (tertiary/aromatic N) is 8. The molecule has 0 unspecified atom stereocenters. The van der Waals surface area contributed by atoms with E-state index in [9.17, 15) is 0 Å². The number of rotatable bonds is 4. The van der Waals surface area contributed by atoms with Gasteiger partial charge in [0.1, 0.15) is 11.6 Å². The third-order valence-electron chi connectivity index (χ3n) is 7.93. The summed E-state index contributed by atoms with van der Waals surface area (Å²) in [5, 5.41) is 17.9. The van der Waals surface area contributed by atoms with E-state index in [1.807, 2.05) is 150 Å². The van der Waals surface area contributed by atoms with Gasteiger partial charge in [0.05, 0.1) is 0 Å². The number of anilines is 6. The maximum Gasteiger partial charge on any atom is 2.00 e. The molecule has 0 bridgehead atoms. The summed E-state index contributed by atoms with van der Waals surface area (Å²) >= 11 is 0. The van der Waals surface area contributed by atoms with Crippen molar-refractivity contribution < 1.29 is 52.3 Å². The standard InChI is InChI=1S/2C13H11N3.2C8H11NO.2Pt/c2*1-15-10-16(11-6-3-2-4-7-11)13-12(15)8-5-9-14-13;2*1-6(2)7-4-3-5-8(10)9-7;;/h2*2-6,8-10H,1H3;2*3-6H,1-2H3,(H,9,10);;/q2*-2;;;2*+2. The Bertz CT molecular complexity index is 1860. The summed E-state index contributed by atoms with van der Waals surface area (Å²) in [4.78, 5) is 24.8. The molecule has 0 saturated heterocycles. The summed E-state index contributed by atoms with van der Waals surface area (Å²) in [6.45, 7) is 12.2. The first-order chi connectivity index (χ1) is 25.1. The second-order valence-electron chi connectivity index (χ2n) is 12.5.